The average Bonchev–Trinajstić information content (AvgIpc) is 3.05. The third-order valence-corrected chi connectivity index (χ3v) is 2.95. The summed E-state index contributed by atoms with van der Waals surface area (Å²) in [6, 6.07) is 9.12. The molecule has 24 heavy (non-hydrogen) atoms. The Balaban J connectivity index is 2.20. The van der Waals surface area contributed by atoms with Crippen LogP contribution in [0, 0.1) is 10.1 Å². The van der Waals surface area contributed by atoms with Gasteiger partial charge in [0.2, 0.25) is 5.91 Å². The minimum atomic E-state index is -0.535. The fourth-order valence-electron chi connectivity index (χ4n) is 1.92. The van der Waals surface area contributed by atoms with Crippen molar-refractivity contribution in [1.29, 1.82) is 0 Å². The number of amides is 2. The van der Waals surface area contributed by atoms with E-state index < -0.39 is 16.7 Å². The van der Waals surface area contributed by atoms with E-state index >= 15 is 0 Å². The summed E-state index contributed by atoms with van der Waals surface area (Å²) >= 11 is 0. The van der Waals surface area contributed by atoms with E-state index in [-0.39, 0.29) is 17.9 Å². The molecule has 0 aliphatic heterocycles. The standard InChI is InChI=1S/C16H15N3O5/c1-11(20)18-15(16(21)17-10-14-6-3-7-24-14)9-12-4-2-5-13(8-12)19(22)23/h2-9H,10H2,1H3,(H,17,21)(H,18,20)/b15-9-. The normalized spacial score (nSPS) is 11.0. The van der Waals surface area contributed by atoms with E-state index in [1.54, 1.807) is 18.2 Å². The summed E-state index contributed by atoms with van der Waals surface area (Å²) in [4.78, 5) is 33.8. The van der Waals surface area contributed by atoms with Crippen LogP contribution in [0.25, 0.3) is 6.08 Å². The summed E-state index contributed by atoms with van der Waals surface area (Å²) < 4.78 is 5.11. The van der Waals surface area contributed by atoms with Crippen LogP contribution in [0.2, 0.25) is 0 Å². The molecule has 8 heteroatoms. The lowest BCUT2D eigenvalue weighted by molar-refractivity contribution is -0.384. The van der Waals surface area contributed by atoms with Gasteiger partial charge in [0.25, 0.3) is 11.6 Å². The second kappa shape index (κ2) is 7.73. The van der Waals surface area contributed by atoms with Crippen molar-refractivity contribution in [3.8, 4) is 0 Å². The molecule has 124 valence electrons. The molecule has 0 saturated heterocycles. The molecule has 2 aromatic rings. The number of rotatable bonds is 6. The number of hydrogen-bond acceptors (Lipinski definition) is 5. The average molecular weight is 329 g/mol. The van der Waals surface area contributed by atoms with Crippen molar-refractivity contribution in [2.24, 2.45) is 0 Å². The van der Waals surface area contributed by atoms with E-state index in [1.165, 1.54) is 37.5 Å². The van der Waals surface area contributed by atoms with Gasteiger partial charge in [-0.2, -0.15) is 0 Å². The van der Waals surface area contributed by atoms with Gasteiger partial charge in [0.1, 0.15) is 11.5 Å². The molecule has 0 radical (unpaired) electrons. The molecule has 0 spiro atoms. The number of nitro benzene ring substituents is 1. The lowest BCUT2D eigenvalue weighted by Crippen LogP contribution is -2.33. The topological polar surface area (TPSA) is 114 Å². The Labute approximate surface area is 137 Å². The highest BCUT2D eigenvalue weighted by atomic mass is 16.6. The van der Waals surface area contributed by atoms with Gasteiger partial charge in [-0.25, -0.2) is 0 Å². The van der Waals surface area contributed by atoms with Crippen molar-refractivity contribution in [2.45, 2.75) is 13.5 Å². The molecule has 2 amide bonds. The Kier molecular flexibility index (Phi) is 5.45. The highest BCUT2D eigenvalue weighted by Gasteiger charge is 2.13. The summed E-state index contributed by atoms with van der Waals surface area (Å²) in [6.45, 7) is 1.42. The van der Waals surface area contributed by atoms with Crippen molar-refractivity contribution in [3.63, 3.8) is 0 Å². The van der Waals surface area contributed by atoms with Gasteiger partial charge >= 0.3 is 0 Å². The number of nitrogens with one attached hydrogen (secondary N) is 2. The van der Waals surface area contributed by atoms with E-state index in [0.29, 0.717) is 11.3 Å². The lowest BCUT2D eigenvalue weighted by atomic mass is 10.1. The third kappa shape index (κ3) is 4.80. The first-order valence-corrected chi connectivity index (χ1v) is 7.00. The van der Waals surface area contributed by atoms with E-state index in [1.807, 2.05) is 0 Å². The minimum Gasteiger partial charge on any atom is -0.467 e. The number of furan rings is 1. The van der Waals surface area contributed by atoms with Crippen molar-refractivity contribution in [1.82, 2.24) is 10.6 Å². The Morgan fingerprint density at radius 2 is 2.08 bits per heavy atom. The lowest BCUT2D eigenvalue weighted by Gasteiger charge is -2.09. The number of nitro groups is 1. The summed E-state index contributed by atoms with van der Waals surface area (Å²) in [7, 11) is 0. The Morgan fingerprint density at radius 1 is 1.29 bits per heavy atom. The van der Waals surface area contributed by atoms with Crippen LogP contribution in [0.5, 0.6) is 0 Å². The quantitative estimate of drug-likeness (QED) is 0.478. The summed E-state index contributed by atoms with van der Waals surface area (Å²) in [6.07, 6.45) is 2.85. The Bertz CT molecular complexity index is 781. The molecule has 1 heterocycles. The number of non-ortho nitro benzene ring substituents is 1. The van der Waals surface area contributed by atoms with E-state index in [4.69, 9.17) is 4.42 Å². The van der Waals surface area contributed by atoms with Gasteiger partial charge in [0, 0.05) is 19.1 Å². The predicted molar refractivity (Wildman–Crippen MR) is 85.4 cm³/mol. The molecule has 2 rings (SSSR count). The van der Waals surface area contributed by atoms with Crippen LogP contribution in [0.4, 0.5) is 5.69 Å². The van der Waals surface area contributed by atoms with Gasteiger partial charge in [-0.05, 0) is 23.8 Å². The first-order chi connectivity index (χ1) is 11.5. The van der Waals surface area contributed by atoms with Gasteiger partial charge in [0.05, 0.1) is 17.7 Å². The molecule has 0 saturated carbocycles. The number of carbonyl (C=O) groups is 2. The zero-order valence-corrected chi connectivity index (χ0v) is 12.8. The smallest absolute Gasteiger partial charge is 0.270 e. The maximum absolute atomic E-state index is 12.2. The molecule has 8 nitrogen and oxygen atoms in total. The molecular formula is C16H15N3O5. The zero-order chi connectivity index (χ0) is 17.5. The van der Waals surface area contributed by atoms with Crippen LogP contribution in [0.3, 0.4) is 0 Å². The fourth-order valence-corrected chi connectivity index (χ4v) is 1.92. The zero-order valence-electron chi connectivity index (χ0n) is 12.8. The summed E-state index contributed by atoms with van der Waals surface area (Å²) in [5, 5.41) is 15.8. The molecule has 2 N–H and O–H groups in total. The maximum atomic E-state index is 12.2. The highest BCUT2D eigenvalue weighted by Crippen LogP contribution is 2.15. The number of hydrogen-bond donors (Lipinski definition) is 2. The SMILES string of the molecule is CC(=O)N/C(=C\c1cccc([N+](=O)[O-])c1)C(=O)NCc1ccco1. The van der Waals surface area contributed by atoms with Crippen LogP contribution >= 0.6 is 0 Å². The molecule has 0 aliphatic carbocycles. The maximum Gasteiger partial charge on any atom is 0.270 e. The number of benzene rings is 1. The molecule has 0 aliphatic rings. The fraction of sp³-hybridized carbons (Fsp3) is 0.125. The molecule has 1 aromatic heterocycles. The largest absolute Gasteiger partial charge is 0.467 e. The van der Waals surface area contributed by atoms with Gasteiger partial charge in [-0.15, -0.1) is 0 Å². The first kappa shape index (κ1) is 16.9. The van der Waals surface area contributed by atoms with Crippen LogP contribution in [0.1, 0.15) is 18.2 Å². The van der Waals surface area contributed by atoms with Gasteiger partial charge in [-0.1, -0.05) is 12.1 Å². The predicted octanol–water partition coefficient (Wildman–Crippen LogP) is 1.98. The molecular weight excluding hydrogens is 314 g/mol. The van der Waals surface area contributed by atoms with Gasteiger partial charge in [0.15, 0.2) is 0 Å². The van der Waals surface area contributed by atoms with Crippen LogP contribution < -0.4 is 10.6 Å². The van der Waals surface area contributed by atoms with Gasteiger partial charge in [-0.3, -0.25) is 19.7 Å². The molecule has 0 unspecified atom stereocenters. The molecule has 1 aromatic carbocycles. The third-order valence-electron chi connectivity index (χ3n) is 2.95. The summed E-state index contributed by atoms with van der Waals surface area (Å²) in [5.41, 5.74) is 0.289. The first-order valence-electron chi connectivity index (χ1n) is 7.00. The second-order valence-corrected chi connectivity index (χ2v) is 4.85. The molecule has 0 bridgehead atoms. The Morgan fingerprint density at radius 3 is 2.71 bits per heavy atom. The van der Waals surface area contributed by atoms with E-state index in [9.17, 15) is 19.7 Å². The molecule has 0 atom stereocenters. The van der Waals surface area contributed by atoms with Gasteiger partial charge < -0.3 is 15.1 Å². The number of carbonyl (C=O) groups excluding carboxylic acids is 2. The minimum absolute atomic E-state index is 0.0189. The van der Waals surface area contributed by atoms with Crippen molar-refractivity contribution < 1.29 is 18.9 Å². The van der Waals surface area contributed by atoms with Crippen LogP contribution in [0.15, 0.2) is 52.8 Å². The van der Waals surface area contributed by atoms with E-state index in [0.717, 1.165) is 0 Å². The second-order valence-electron chi connectivity index (χ2n) is 4.85. The Hall–Kier alpha value is -3.42. The van der Waals surface area contributed by atoms with Crippen molar-refractivity contribution in [2.75, 3.05) is 0 Å². The van der Waals surface area contributed by atoms with E-state index in [2.05, 4.69) is 10.6 Å². The number of nitrogens with zero attached hydrogens (tertiary/aromatic N) is 1. The van der Waals surface area contributed by atoms with Crippen LogP contribution in [-0.2, 0) is 16.1 Å². The van der Waals surface area contributed by atoms with Crippen molar-refractivity contribution in [3.05, 3.63) is 69.8 Å². The van der Waals surface area contributed by atoms with Crippen molar-refractivity contribution >= 4 is 23.6 Å². The highest BCUT2D eigenvalue weighted by molar-refractivity contribution is 6.00. The summed E-state index contributed by atoms with van der Waals surface area (Å²) in [5.74, 6) is -0.409. The molecule has 0 fully saturated rings. The monoisotopic (exact) mass is 329 g/mol. The van der Waals surface area contributed by atoms with Crippen LogP contribution in [-0.4, -0.2) is 16.7 Å².